The molecule has 0 bridgehead atoms. The molecule has 1 saturated heterocycles. The molecule has 1 amide bonds. The smallest absolute Gasteiger partial charge is 0.411 e. The SMILES string of the molecule is CC1CCSCN1C(=O)OC(C)(C)C. The van der Waals surface area contributed by atoms with Crippen molar-refractivity contribution < 1.29 is 9.53 Å². The number of nitrogens with zero attached hydrogens (tertiary/aromatic N) is 1. The van der Waals surface area contributed by atoms with Gasteiger partial charge in [-0.2, -0.15) is 0 Å². The summed E-state index contributed by atoms with van der Waals surface area (Å²) in [5.41, 5.74) is -0.390. The van der Waals surface area contributed by atoms with Gasteiger partial charge in [-0.15, -0.1) is 11.8 Å². The summed E-state index contributed by atoms with van der Waals surface area (Å²) in [4.78, 5) is 13.5. The van der Waals surface area contributed by atoms with Gasteiger partial charge in [-0.05, 0) is 39.9 Å². The van der Waals surface area contributed by atoms with Crippen LogP contribution >= 0.6 is 11.8 Å². The molecule has 1 unspecified atom stereocenters. The van der Waals surface area contributed by atoms with Crippen molar-refractivity contribution in [3.63, 3.8) is 0 Å². The first-order chi connectivity index (χ1) is 6.40. The van der Waals surface area contributed by atoms with Gasteiger partial charge in [0.1, 0.15) is 5.60 Å². The predicted octanol–water partition coefficient (Wildman–Crippen LogP) is 2.71. The minimum Gasteiger partial charge on any atom is -0.444 e. The van der Waals surface area contributed by atoms with Crippen LogP contribution in [-0.2, 0) is 4.74 Å². The summed E-state index contributed by atoms with van der Waals surface area (Å²) in [6.45, 7) is 7.76. The molecule has 82 valence electrons. The van der Waals surface area contributed by atoms with Crippen molar-refractivity contribution in [2.45, 2.75) is 45.8 Å². The molecule has 14 heavy (non-hydrogen) atoms. The minimum atomic E-state index is -0.390. The van der Waals surface area contributed by atoms with Crippen LogP contribution in [0.1, 0.15) is 34.1 Å². The molecule has 1 rings (SSSR count). The monoisotopic (exact) mass is 217 g/mol. The van der Waals surface area contributed by atoms with E-state index < -0.39 is 0 Å². The molecule has 1 fully saturated rings. The van der Waals surface area contributed by atoms with Gasteiger partial charge in [0.05, 0.1) is 5.88 Å². The number of amides is 1. The molecular formula is C10H19NO2S. The molecule has 0 spiro atoms. The highest BCUT2D eigenvalue weighted by molar-refractivity contribution is 7.99. The molecule has 1 aliphatic heterocycles. The van der Waals surface area contributed by atoms with Crippen molar-refractivity contribution in [3.8, 4) is 0 Å². The molecule has 1 atom stereocenters. The first-order valence-electron chi connectivity index (χ1n) is 4.97. The Labute approximate surface area is 90.2 Å². The van der Waals surface area contributed by atoms with E-state index in [1.807, 2.05) is 20.8 Å². The van der Waals surface area contributed by atoms with Gasteiger partial charge >= 0.3 is 6.09 Å². The Morgan fingerprint density at radius 3 is 2.64 bits per heavy atom. The summed E-state index contributed by atoms with van der Waals surface area (Å²) in [5.74, 6) is 1.90. The number of hydrogen-bond donors (Lipinski definition) is 0. The fraction of sp³-hybridized carbons (Fsp3) is 0.900. The Morgan fingerprint density at radius 2 is 2.14 bits per heavy atom. The Kier molecular flexibility index (Phi) is 3.70. The summed E-state index contributed by atoms with van der Waals surface area (Å²) in [6, 6.07) is 0.311. The van der Waals surface area contributed by atoms with Crippen LogP contribution in [0, 0.1) is 0 Å². The first kappa shape index (κ1) is 11.7. The van der Waals surface area contributed by atoms with Crippen LogP contribution < -0.4 is 0 Å². The number of thioether (sulfide) groups is 1. The second-order valence-electron chi connectivity index (χ2n) is 4.63. The van der Waals surface area contributed by atoms with E-state index in [-0.39, 0.29) is 11.7 Å². The summed E-state index contributed by atoms with van der Waals surface area (Å²) < 4.78 is 5.32. The Morgan fingerprint density at radius 1 is 1.50 bits per heavy atom. The molecular weight excluding hydrogens is 198 g/mol. The fourth-order valence-corrected chi connectivity index (χ4v) is 2.45. The molecule has 1 aliphatic rings. The van der Waals surface area contributed by atoms with Gasteiger partial charge < -0.3 is 4.74 Å². The van der Waals surface area contributed by atoms with Gasteiger partial charge in [0, 0.05) is 6.04 Å². The van der Waals surface area contributed by atoms with Gasteiger partial charge in [-0.25, -0.2) is 4.79 Å². The summed E-state index contributed by atoms with van der Waals surface area (Å²) >= 11 is 1.79. The van der Waals surface area contributed by atoms with Gasteiger partial charge in [-0.3, -0.25) is 4.90 Å². The highest BCUT2D eigenvalue weighted by atomic mass is 32.2. The quantitative estimate of drug-likeness (QED) is 0.625. The lowest BCUT2D eigenvalue weighted by atomic mass is 10.2. The largest absolute Gasteiger partial charge is 0.444 e. The summed E-state index contributed by atoms with van der Waals surface area (Å²) in [7, 11) is 0. The lowest BCUT2D eigenvalue weighted by molar-refractivity contribution is 0.0212. The topological polar surface area (TPSA) is 29.5 Å². The molecule has 0 radical (unpaired) electrons. The van der Waals surface area contributed by atoms with Gasteiger partial charge in [0.25, 0.3) is 0 Å². The van der Waals surface area contributed by atoms with Crippen LogP contribution in [0.25, 0.3) is 0 Å². The fourth-order valence-electron chi connectivity index (χ4n) is 1.25. The molecule has 0 aliphatic carbocycles. The molecule has 0 aromatic carbocycles. The average molecular weight is 217 g/mol. The standard InChI is InChI=1S/C10H19NO2S/c1-8-5-6-14-7-11(8)9(12)13-10(2,3)4/h8H,5-7H2,1-4H3. The molecule has 0 aromatic rings. The second-order valence-corrected chi connectivity index (χ2v) is 5.70. The van der Waals surface area contributed by atoms with Gasteiger partial charge in [-0.1, -0.05) is 0 Å². The molecule has 0 saturated carbocycles. The van der Waals surface area contributed by atoms with E-state index in [9.17, 15) is 4.79 Å². The second kappa shape index (κ2) is 4.43. The van der Waals surface area contributed by atoms with Crippen LogP contribution in [0.4, 0.5) is 4.79 Å². The van der Waals surface area contributed by atoms with Gasteiger partial charge in [0.15, 0.2) is 0 Å². The van der Waals surface area contributed by atoms with Gasteiger partial charge in [0.2, 0.25) is 0 Å². The van der Waals surface area contributed by atoms with E-state index in [0.717, 1.165) is 18.1 Å². The molecule has 3 nitrogen and oxygen atoms in total. The maximum absolute atomic E-state index is 11.7. The minimum absolute atomic E-state index is 0.183. The highest BCUT2D eigenvalue weighted by Gasteiger charge is 2.27. The summed E-state index contributed by atoms with van der Waals surface area (Å²) in [5, 5.41) is 0. The van der Waals surface area contributed by atoms with Crippen molar-refractivity contribution in [1.82, 2.24) is 4.90 Å². The number of carbonyl (C=O) groups excluding carboxylic acids is 1. The van der Waals surface area contributed by atoms with E-state index in [1.54, 1.807) is 16.7 Å². The third kappa shape index (κ3) is 3.40. The normalized spacial score (nSPS) is 23.4. The van der Waals surface area contributed by atoms with Crippen molar-refractivity contribution in [1.29, 1.82) is 0 Å². The molecule has 1 heterocycles. The molecule has 0 aromatic heterocycles. The van der Waals surface area contributed by atoms with Crippen molar-refractivity contribution in [2.75, 3.05) is 11.6 Å². The van der Waals surface area contributed by atoms with E-state index >= 15 is 0 Å². The van der Waals surface area contributed by atoms with Crippen LogP contribution in [-0.4, -0.2) is 34.3 Å². The Bertz CT molecular complexity index is 213. The van der Waals surface area contributed by atoms with Crippen LogP contribution in [0.2, 0.25) is 0 Å². The van der Waals surface area contributed by atoms with Crippen molar-refractivity contribution >= 4 is 17.9 Å². The average Bonchev–Trinajstić information content (AvgIpc) is 2.01. The molecule has 4 heteroatoms. The number of rotatable bonds is 0. The lowest BCUT2D eigenvalue weighted by Crippen LogP contribution is -2.44. The number of ether oxygens (including phenoxy) is 1. The van der Waals surface area contributed by atoms with Crippen LogP contribution in [0.3, 0.4) is 0 Å². The van der Waals surface area contributed by atoms with E-state index in [1.165, 1.54) is 0 Å². The Hall–Kier alpha value is -0.380. The van der Waals surface area contributed by atoms with E-state index in [0.29, 0.717) is 6.04 Å². The zero-order valence-corrected chi connectivity index (χ0v) is 10.2. The maximum Gasteiger partial charge on any atom is 0.411 e. The van der Waals surface area contributed by atoms with Crippen LogP contribution in [0.5, 0.6) is 0 Å². The van der Waals surface area contributed by atoms with Crippen molar-refractivity contribution in [2.24, 2.45) is 0 Å². The zero-order valence-electron chi connectivity index (χ0n) is 9.37. The third-order valence-corrected chi connectivity index (χ3v) is 3.06. The highest BCUT2D eigenvalue weighted by Crippen LogP contribution is 2.22. The first-order valence-corrected chi connectivity index (χ1v) is 6.13. The maximum atomic E-state index is 11.7. The zero-order chi connectivity index (χ0) is 10.8. The predicted molar refractivity (Wildman–Crippen MR) is 59.5 cm³/mol. The number of hydrogen-bond acceptors (Lipinski definition) is 3. The number of carbonyl (C=O) groups is 1. The van der Waals surface area contributed by atoms with Crippen LogP contribution in [0.15, 0.2) is 0 Å². The Balaban J connectivity index is 2.50. The van der Waals surface area contributed by atoms with Crippen molar-refractivity contribution in [3.05, 3.63) is 0 Å². The summed E-state index contributed by atoms with van der Waals surface area (Å²) in [6.07, 6.45) is 0.876. The van der Waals surface area contributed by atoms with E-state index in [4.69, 9.17) is 4.74 Å². The molecule has 0 N–H and O–H groups in total. The van der Waals surface area contributed by atoms with E-state index in [2.05, 4.69) is 6.92 Å². The third-order valence-electron chi connectivity index (χ3n) is 2.07. The lowest BCUT2D eigenvalue weighted by Gasteiger charge is -2.34.